The Labute approximate surface area is 94.1 Å². The van der Waals surface area contributed by atoms with Gasteiger partial charge in [0.25, 0.3) is 0 Å². The van der Waals surface area contributed by atoms with Crippen molar-refractivity contribution in [3.8, 4) is 11.5 Å². The molecular formula is C12H14O4. The molecule has 0 aliphatic carbocycles. The van der Waals surface area contributed by atoms with Crippen LogP contribution in [-0.4, -0.2) is 38.6 Å². The molecule has 3 rings (SSSR count). The summed E-state index contributed by atoms with van der Waals surface area (Å²) in [5.74, 6) is 1.70. The second kappa shape index (κ2) is 4.31. The molecule has 0 amide bonds. The van der Waals surface area contributed by atoms with Crippen LogP contribution in [0.25, 0.3) is 0 Å². The fraction of sp³-hybridized carbons (Fsp3) is 0.500. The molecule has 0 aromatic heterocycles. The van der Waals surface area contributed by atoms with E-state index in [2.05, 4.69) is 0 Å². The minimum atomic E-state index is 0.294. The monoisotopic (exact) mass is 222 g/mol. The van der Waals surface area contributed by atoms with Gasteiger partial charge in [-0.15, -0.1) is 0 Å². The highest BCUT2D eigenvalue weighted by Gasteiger charge is 2.23. The number of rotatable bonds is 6. The van der Waals surface area contributed by atoms with Crippen LogP contribution in [0, 0.1) is 0 Å². The van der Waals surface area contributed by atoms with Gasteiger partial charge in [0.15, 0.2) is 0 Å². The molecule has 0 bridgehead atoms. The highest BCUT2D eigenvalue weighted by Crippen LogP contribution is 2.20. The van der Waals surface area contributed by atoms with Crippen LogP contribution < -0.4 is 9.47 Å². The van der Waals surface area contributed by atoms with Crippen LogP contribution >= 0.6 is 0 Å². The summed E-state index contributed by atoms with van der Waals surface area (Å²) < 4.78 is 21.2. The zero-order chi connectivity index (χ0) is 10.8. The highest BCUT2D eigenvalue weighted by atomic mass is 16.6. The van der Waals surface area contributed by atoms with Crippen LogP contribution in [-0.2, 0) is 9.47 Å². The predicted molar refractivity (Wildman–Crippen MR) is 56.9 cm³/mol. The molecule has 2 unspecified atom stereocenters. The minimum absolute atomic E-state index is 0.294. The standard InChI is InChI=1S/C12H14O4/c1-2-10(14-6-12-8-16-12)4-3-9(1)13-5-11-7-15-11/h1-4,11-12H,5-8H2. The average molecular weight is 222 g/mol. The Kier molecular flexibility index (Phi) is 2.68. The van der Waals surface area contributed by atoms with E-state index in [0.717, 1.165) is 24.7 Å². The van der Waals surface area contributed by atoms with E-state index in [1.165, 1.54) is 0 Å². The normalized spacial score (nSPS) is 26.2. The van der Waals surface area contributed by atoms with Crippen molar-refractivity contribution in [2.45, 2.75) is 12.2 Å². The quantitative estimate of drug-likeness (QED) is 0.679. The fourth-order valence-corrected chi connectivity index (χ4v) is 1.34. The molecule has 4 heteroatoms. The van der Waals surface area contributed by atoms with E-state index < -0.39 is 0 Å². The van der Waals surface area contributed by atoms with Gasteiger partial charge in [0.05, 0.1) is 13.2 Å². The van der Waals surface area contributed by atoms with Crippen LogP contribution in [0.5, 0.6) is 11.5 Å². The molecule has 16 heavy (non-hydrogen) atoms. The number of benzene rings is 1. The lowest BCUT2D eigenvalue weighted by molar-refractivity contribution is 0.257. The number of ether oxygens (including phenoxy) is 4. The summed E-state index contributed by atoms with van der Waals surface area (Å²) in [6.07, 6.45) is 0.589. The van der Waals surface area contributed by atoms with Gasteiger partial charge < -0.3 is 18.9 Å². The lowest BCUT2D eigenvalue weighted by Gasteiger charge is -2.06. The number of hydrogen-bond donors (Lipinski definition) is 0. The van der Waals surface area contributed by atoms with Crippen LogP contribution in [0.4, 0.5) is 0 Å². The summed E-state index contributed by atoms with van der Waals surface area (Å²) in [5, 5.41) is 0. The maximum absolute atomic E-state index is 5.52. The molecule has 1 aromatic rings. The van der Waals surface area contributed by atoms with Gasteiger partial charge in [-0.3, -0.25) is 0 Å². The first-order chi connectivity index (χ1) is 7.90. The molecule has 0 saturated carbocycles. The van der Waals surface area contributed by atoms with Crippen molar-refractivity contribution in [2.24, 2.45) is 0 Å². The molecule has 86 valence electrons. The van der Waals surface area contributed by atoms with E-state index in [1.807, 2.05) is 24.3 Å². The van der Waals surface area contributed by atoms with Crippen molar-refractivity contribution in [3.63, 3.8) is 0 Å². The molecular weight excluding hydrogens is 208 g/mol. The predicted octanol–water partition coefficient (Wildman–Crippen LogP) is 1.24. The maximum Gasteiger partial charge on any atom is 0.119 e. The molecule has 2 aliphatic heterocycles. The van der Waals surface area contributed by atoms with E-state index in [0.29, 0.717) is 25.4 Å². The summed E-state index contributed by atoms with van der Waals surface area (Å²) in [5.41, 5.74) is 0. The lowest BCUT2D eigenvalue weighted by atomic mass is 10.3. The van der Waals surface area contributed by atoms with Crippen molar-refractivity contribution in [1.82, 2.24) is 0 Å². The van der Waals surface area contributed by atoms with Gasteiger partial charge in [-0.25, -0.2) is 0 Å². The second-order valence-corrected chi connectivity index (χ2v) is 4.00. The van der Waals surface area contributed by atoms with E-state index >= 15 is 0 Å². The Morgan fingerprint density at radius 1 is 0.875 bits per heavy atom. The minimum Gasteiger partial charge on any atom is -0.491 e. The molecule has 2 fully saturated rings. The van der Waals surface area contributed by atoms with Crippen molar-refractivity contribution in [2.75, 3.05) is 26.4 Å². The van der Waals surface area contributed by atoms with Gasteiger partial charge in [-0.05, 0) is 24.3 Å². The van der Waals surface area contributed by atoms with Crippen LogP contribution in [0.2, 0.25) is 0 Å². The fourth-order valence-electron chi connectivity index (χ4n) is 1.34. The van der Waals surface area contributed by atoms with Crippen molar-refractivity contribution in [3.05, 3.63) is 24.3 Å². The number of hydrogen-bond acceptors (Lipinski definition) is 4. The van der Waals surface area contributed by atoms with Gasteiger partial charge in [0.1, 0.15) is 36.9 Å². The Bertz CT molecular complexity index is 306. The Morgan fingerprint density at radius 2 is 1.25 bits per heavy atom. The van der Waals surface area contributed by atoms with Crippen molar-refractivity contribution in [1.29, 1.82) is 0 Å². The number of epoxide rings is 2. The summed E-state index contributed by atoms with van der Waals surface area (Å²) in [4.78, 5) is 0. The van der Waals surface area contributed by atoms with Crippen LogP contribution in [0.3, 0.4) is 0 Å². The van der Waals surface area contributed by atoms with Gasteiger partial charge in [0.2, 0.25) is 0 Å². The molecule has 0 N–H and O–H groups in total. The third-order valence-electron chi connectivity index (χ3n) is 2.50. The molecule has 0 radical (unpaired) electrons. The van der Waals surface area contributed by atoms with E-state index in [1.54, 1.807) is 0 Å². The lowest BCUT2D eigenvalue weighted by Crippen LogP contribution is -2.05. The zero-order valence-electron chi connectivity index (χ0n) is 8.93. The highest BCUT2D eigenvalue weighted by molar-refractivity contribution is 5.31. The third kappa shape index (κ3) is 2.87. The molecule has 1 aromatic carbocycles. The summed E-state index contributed by atoms with van der Waals surface area (Å²) in [6, 6.07) is 7.63. The second-order valence-electron chi connectivity index (χ2n) is 4.00. The van der Waals surface area contributed by atoms with Gasteiger partial charge in [-0.2, -0.15) is 0 Å². The van der Waals surface area contributed by atoms with Crippen molar-refractivity contribution < 1.29 is 18.9 Å². The Hall–Kier alpha value is -1.26. The zero-order valence-corrected chi connectivity index (χ0v) is 8.93. The average Bonchev–Trinajstić information content (AvgIpc) is 3.17. The molecule has 4 nitrogen and oxygen atoms in total. The summed E-state index contributed by atoms with van der Waals surface area (Å²) in [7, 11) is 0. The first kappa shape index (κ1) is 9.93. The smallest absolute Gasteiger partial charge is 0.119 e. The first-order valence-corrected chi connectivity index (χ1v) is 5.49. The van der Waals surface area contributed by atoms with E-state index in [9.17, 15) is 0 Å². The Balaban J connectivity index is 1.47. The SMILES string of the molecule is c1cc(OCC2CO2)ccc1OCC1CO1. The Morgan fingerprint density at radius 3 is 1.56 bits per heavy atom. The largest absolute Gasteiger partial charge is 0.491 e. The van der Waals surface area contributed by atoms with Gasteiger partial charge in [-0.1, -0.05) is 0 Å². The molecule has 2 atom stereocenters. The first-order valence-electron chi connectivity index (χ1n) is 5.49. The molecule has 2 heterocycles. The van der Waals surface area contributed by atoms with E-state index in [4.69, 9.17) is 18.9 Å². The van der Waals surface area contributed by atoms with Crippen LogP contribution in [0.15, 0.2) is 24.3 Å². The maximum atomic E-state index is 5.52. The molecule has 2 saturated heterocycles. The van der Waals surface area contributed by atoms with Crippen LogP contribution in [0.1, 0.15) is 0 Å². The van der Waals surface area contributed by atoms with Crippen molar-refractivity contribution >= 4 is 0 Å². The summed E-state index contributed by atoms with van der Waals surface area (Å²) in [6.45, 7) is 2.91. The third-order valence-corrected chi connectivity index (χ3v) is 2.50. The topological polar surface area (TPSA) is 43.5 Å². The van der Waals surface area contributed by atoms with E-state index in [-0.39, 0.29) is 0 Å². The molecule has 0 spiro atoms. The van der Waals surface area contributed by atoms with Gasteiger partial charge >= 0.3 is 0 Å². The summed E-state index contributed by atoms with van der Waals surface area (Å²) >= 11 is 0. The van der Waals surface area contributed by atoms with Gasteiger partial charge in [0, 0.05) is 0 Å². The molecule has 2 aliphatic rings.